The Kier molecular flexibility index (Phi) is 5.12. The zero-order valence-electron chi connectivity index (χ0n) is 17.4. The van der Waals surface area contributed by atoms with E-state index in [1.54, 1.807) is 11.8 Å². The minimum absolute atomic E-state index is 0.172. The molecule has 156 valence electrons. The minimum Gasteiger partial charge on any atom is -0.308 e. The Balaban J connectivity index is 1.47. The van der Waals surface area contributed by atoms with Gasteiger partial charge >= 0.3 is 0 Å². The molecule has 3 aromatic rings. The summed E-state index contributed by atoms with van der Waals surface area (Å²) in [6.45, 7) is 0. The largest absolute Gasteiger partial charge is 0.308 e. The number of allylic oxidation sites excluding steroid dienone is 1. The maximum atomic E-state index is 5.21. The molecule has 1 atom stereocenters. The van der Waals surface area contributed by atoms with Crippen LogP contribution in [0, 0.1) is 0 Å². The van der Waals surface area contributed by atoms with E-state index in [1.807, 2.05) is 0 Å². The molecule has 1 unspecified atom stereocenters. The molecule has 0 bridgehead atoms. The molecule has 2 aliphatic heterocycles. The molecular formula is C28H21BrN2S. The predicted molar refractivity (Wildman–Crippen MR) is 139 cm³/mol. The van der Waals surface area contributed by atoms with Crippen LogP contribution in [0.15, 0.2) is 117 Å². The van der Waals surface area contributed by atoms with E-state index in [9.17, 15) is 0 Å². The van der Waals surface area contributed by atoms with Crippen molar-refractivity contribution < 1.29 is 0 Å². The molecule has 0 amide bonds. The quantitative estimate of drug-likeness (QED) is 0.364. The Morgan fingerprint density at radius 1 is 0.875 bits per heavy atom. The minimum atomic E-state index is 0.172. The van der Waals surface area contributed by atoms with Gasteiger partial charge in [-0.2, -0.15) is 0 Å². The predicted octanol–water partition coefficient (Wildman–Crippen LogP) is 8.04. The van der Waals surface area contributed by atoms with Crippen molar-refractivity contribution in [1.29, 1.82) is 0 Å². The molecule has 3 aromatic carbocycles. The smallest absolute Gasteiger partial charge is 0.174 e. The van der Waals surface area contributed by atoms with Crippen LogP contribution in [0.2, 0.25) is 0 Å². The first-order valence-corrected chi connectivity index (χ1v) is 12.5. The molecule has 1 aliphatic carbocycles. The van der Waals surface area contributed by atoms with Crippen LogP contribution in [-0.4, -0.2) is 10.1 Å². The molecule has 0 N–H and O–H groups in total. The van der Waals surface area contributed by atoms with Gasteiger partial charge in [-0.3, -0.25) is 0 Å². The first-order valence-electron chi connectivity index (χ1n) is 10.8. The second kappa shape index (κ2) is 8.27. The monoisotopic (exact) mass is 496 g/mol. The van der Waals surface area contributed by atoms with Gasteiger partial charge in [-0.15, -0.1) is 0 Å². The van der Waals surface area contributed by atoms with Crippen LogP contribution >= 0.6 is 27.7 Å². The summed E-state index contributed by atoms with van der Waals surface area (Å²) in [6.07, 6.45) is 4.39. The average Bonchev–Trinajstić information content (AvgIpc) is 3.44. The Hall–Kier alpha value is -2.82. The fraction of sp³-hybridized carbons (Fsp3) is 0.107. The number of benzene rings is 3. The van der Waals surface area contributed by atoms with Gasteiger partial charge in [0, 0.05) is 9.88 Å². The summed E-state index contributed by atoms with van der Waals surface area (Å²) in [4.78, 5) is 7.65. The van der Waals surface area contributed by atoms with E-state index in [2.05, 4.69) is 117 Å². The highest BCUT2D eigenvalue weighted by atomic mass is 79.9. The summed E-state index contributed by atoms with van der Waals surface area (Å²) in [5.74, 6) is 0. The fourth-order valence-corrected chi connectivity index (χ4v) is 5.93. The summed E-state index contributed by atoms with van der Waals surface area (Å²) >= 11 is 5.30. The maximum Gasteiger partial charge on any atom is 0.174 e. The second-order valence-electron chi connectivity index (χ2n) is 8.16. The molecule has 3 aliphatic rings. The Morgan fingerprint density at radius 3 is 2.34 bits per heavy atom. The van der Waals surface area contributed by atoms with Gasteiger partial charge in [-0.05, 0) is 58.9 Å². The summed E-state index contributed by atoms with van der Waals surface area (Å²) in [7, 11) is 0. The molecule has 2 nitrogen and oxygen atoms in total. The van der Waals surface area contributed by atoms with Gasteiger partial charge in [0.1, 0.15) is 0 Å². The highest BCUT2D eigenvalue weighted by molar-refractivity contribution is 9.10. The molecule has 0 spiro atoms. The lowest BCUT2D eigenvalue weighted by Gasteiger charge is -2.36. The Morgan fingerprint density at radius 2 is 1.59 bits per heavy atom. The van der Waals surface area contributed by atoms with Crippen LogP contribution in [0.1, 0.15) is 35.6 Å². The normalized spacial score (nSPS) is 20.8. The molecule has 0 fully saturated rings. The van der Waals surface area contributed by atoms with Crippen molar-refractivity contribution in [2.75, 3.05) is 0 Å². The SMILES string of the molecule is Brc1ccc(C2=CSC3=NC4=C(CC/C4=C\c4ccccc4)C(c4ccccc4)N23)cc1. The number of hydrogen-bond donors (Lipinski definition) is 0. The highest BCUT2D eigenvalue weighted by Gasteiger charge is 2.41. The van der Waals surface area contributed by atoms with E-state index in [0.717, 1.165) is 22.5 Å². The van der Waals surface area contributed by atoms with Crippen molar-refractivity contribution in [2.45, 2.75) is 18.9 Å². The Bertz CT molecular complexity index is 1290. The lowest BCUT2D eigenvalue weighted by atomic mass is 9.93. The van der Waals surface area contributed by atoms with Crippen LogP contribution in [-0.2, 0) is 0 Å². The Labute approximate surface area is 201 Å². The number of halogens is 1. The molecule has 0 saturated carbocycles. The standard InChI is InChI=1S/C28H21BrN2S/c29-23-14-11-20(12-15-23)25-18-32-28-30-26-22(17-19-7-3-1-4-8-19)13-16-24(26)27(31(25)28)21-9-5-2-6-10-21/h1-12,14-15,17-18,27H,13,16H2/b22-17+. The van der Waals surface area contributed by atoms with Crippen molar-refractivity contribution in [2.24, 2.45) is 4.99 Å². The number of aliphatic imine (C=N–C) groups is 1. The zero-order chi connectivity index (χ0) is 21.5. The topological polar surface area (TPSA) is 15.6 Å². The van der Waals surface area contributed by atoms with E-state index in [1.165, 1.54) is 39.2 Å². The van der Waals surface area contributed by atoms with Crippen molar-refractivity contribution in [3.8, 4) is 0 Å². The molecule has 0 aromatic heterocycles. The van der Waals surface area contributed by atoms with Crippen molar-refractivity contribution in [3.63, 3.8) is 0 Å². The van der Waals surface area contributed by atoms with E-state index >= 15 is 0 Å². The lowest BCUT2D eigenvalue weighted by molar-refractivity contribution is 0.476. The summed E-state index contributed by atoms with van der Waals surface area (Å²) < 4.78 is 1.09. The van der Waals surface area contributed by atoms with Crippen LogP contribution in [0.4, 0.5) is 0 Å². The molecule has 32 heavy (non-hydrogen) atoms. The van der Waals surface area contributed by atoms with E-state index in [0.29, 0.717) is 0 Å². The van der Waals surface area contributed by atoms with Gasteiger partial charge in [0.25, 0.3) is 0 Å². The number of rotatable bonds is 3. The van der Waals surface area contributed by atoms with E-state index in [-0.39, 0.29) is 6.04 Å². The van der Waals surface area contributed by atoms with Gasteiger partial charge in [-0.1, -0.05) is 100 Å². The van der Waals surface area contributed by atoms with Crippen molar-refractivity contribution in [1.82, 2.24) is 4.90 Å². The molecule has 4 heteroatoms. The van der Waals surface area contributed by atoms with Gasteiger partial charge in [-0.25, -0.2) is 4.99 Å². The van der Waals surface area contributed by atoms with Gasteiger partial charge < -0.3 is 4.90 Å². The first-order chi connectivity index (χ1) is 15.8. The molecule has 6 rings (SSSR count). The van der Waals surface area contributed by atoms with E-state index < -0.39 is 0 Å². The average molecular weight is 497 g/mol. The zero-order valence-corrected chi connectivity index (χ0v) is 19.8. The number of thioether (sulfide) groups is 1. The maximum absolute atomic E-state index is 5.21. The number of fused-ring (bicyclic) bond motifs is 1. The van der Waals surface area contributed by atoms with Crippen LogP contribution in [0.3, 0.4) is 0 Å². The van der Waals surface area contributed by atoms with Crippen LogP contribution in [0.25, 0.3) is 11.8 Å². The summed E-state index contributed by atoms with van der Waals surface area (Å²) in [5, 5.41) is 3.32. The van der Waals surface area contributed by atoms with Gasteiger partial charge in [0.2, 0.25) is 0 Å². The van der Waals surface area contributed by atoms with Gasteiger partial charge in [0.05, 0.1) is 17.4 Å². The van der Waals surface area contributed by atoms with E-state index in [4.69, 9.17) is 4.99 Å². The molecule has 2 heterocycles. The van der Waals surface area contributed by atoms with Gasteiger partial charge in [0.15, 0.2) is 5.17 Å². The number of nitrogens with zero attached hydrogens (tertiary/aromatic N) is 2. The third-order valence-electron chi connectivity index (χ3n) is 6.21. The number of amidine groups is 1. The first kappa shape index (κ1) is 19.8. The highest BCUT2D eigenvalue weighted by Crippen LogP contribution is 2.52. The molecule has 0 saturated heterocycles. The van der Waals surface area contributed by atoms with Crippen molar-refractivity contribution >= 4 is 44.6 Å². The summed E-state index contributed by atoms with van der Waals surface area (Å²) in [6, 6.07) is 30.2. The lowest BCUT2D eigenvalue weighted by Crippen LogP contribution is -2.32. The second-order valence-corrected chi connectivity index (χ2v) is 9.91. The third-order valence-corrected chi connectivity index (χ3v) is 7.57. The molecular weight excluding hydrogens is 476 g/mol. The van der Waals surface area contributed by atoms with Crippen molar-refractivity contribution in [3.05, 3.63) is 128 Å². The van der Waals surface area contributed by atoms with Crippen LogP contribution < -0.4 is 0 Å². The third kappa shape index (κ3) is 3.48. The number of hydrogen-bond acceptors (Lipinski definition) is 3. The van der Waals surface area contributed by atoms with Crippen LogP contribution in [0.5, 0.6) is 0 Å². The molecule has 0 radical (unpaired) electrons. The summed E-state index contributed by atoms with van der Waals surface area (Å²) in [5.41, 5.74) is 8.95. The fourth-order valence-electron chi connectivity index (χ4n) is 4.73.